The monoisotopic (exact) mass is 207 g/mol. The molecular formula is C11H13NO3. The maximum atomic E-state index is 10.6. The SMILES string of the molecule is CCCc1cnc(C=O)c(CC(=O)O)c1. The Balaban J connectivity index is 3.01. The summed E-state index contributed by atoms with van der Waals surface area (Å²) in [5.41, 5.74) is 1.68. The minimum Gasteiger partial charge on any atom is -0.481 e. The van der Waals surface area contributed by atoms with Crippen LogP contribution in [-0.2, 0) is 17.6 Å². The van der Waals surface area contributed by atoms with Gasteiger partial charge in [0.15, 0.2) is 6.29 Å². The van der Waals surface area contributed by atoms with E-state index in [1.54, 1.807) is 12.3 Å². The first kappa shape index (κ1) is 11.4. The molecule has 0 aliphatic heterocycles. The van der Waals surface area contributed by atoms with Crippen molar-refractivity contribution in [3.05, 3.63) is 29.1 Å². The maximum absolute atomic E-state index is 10.6. The Labute approximate surface area is 88.0 Å². The molecule has 1 aromatic heterocycles. The lowest BCUT2D eigenvalue weighted by molar-refractivity contribution is -0.136. The molecule has 0 aliphatic carbocycles. The first-order chi connectivity index (χ1) is 7.17. The summed E-state index contributed by atoms with van der Waals surface area (Å²) in [6.07, 6.45) is 3.87. The van der Waals surface area contributed by atoms with Gasteiger partial charge in [-0.15, -0.1) is 0 Å². The molecule has 4 heteroatoms. The quantitative estimate of drug-likeness (QED) is 0.742. The van der Waals surface area contributed by atoms with Crippen molar-refractivity contribution in [2.75, 3.05) is 0 Å². The summed E-state index contributed by atoms with van der Waals surface area (Å²) in [7, 11) is 0. The maximum Gasteiger partial charge on any atom is 0.307 e. The number of rotatable bonds is 5. The first-order valence-corrected chi connectivity index (χ1v) is 4.82. The van der Waals surface area contributed by atoms with Crippen molar-refractivity contribution in [3.8, 4) is 0 Å². The van der Waals surface area contributed by atoms with Crippen LogP contribution in [0.2, 0.25) is 0 Å². The molecule has 1 N–H and O–H groups in total. The number of carbonyl (C=O) groups excluding carboxylic acids is 1. The van der Waals surface area contributed by atoms with Crippen molar-refractivity contribution in [2.24, 2.45) is 0 Å². The normalized spacial score (nSPS) is 9.93. The van der Waals surface area contributed by atoms with Crippen LogP contribution in [0.25, 0.3) is 0 Å². The highest BCUT2D eigenvalue weighted by molar-refractivity contribution is 5.79. The van der Waals surface area contributed by atoms with Crippen molar-refractivity contribution in [1.82, 2.24) is 4.98 Å². The van der Waals surface area contributed by atoms with Crippen LogP contribution in [0, 0.1) is 0 Å². The lowest BCUT2D eigenvalue weighted by Gasteiger charge is -2.04. The van der Waals surface area contributed by atoms with Gasteiger partial charge in [0, 0.05) is 6.20 Å². The highest BCUT2D eigenvalue weighted by atomic mass is 16.4. The molecule has 0 amide bonds. The van der Waals surface area contributed by atoms with Crippen molar-refractivity contribution in [2.45, 2.75) is 26.2 Å². The van der Waals surface area contributed by atoms with Crippen molar-refractivity contribution >= 4 is 12.3 Å². The van der Waals surface area contributed by atoms with Gasteiger partial charge in [-0.2, -0.15) is 0 Å². The fourth-order valence-electron chi connectivity index (χ4n) is 1.41. The van der Waals surface area contributed by atoms with Gasteiger partial charge in [-0.25, -0.2) is 0 Å². The van der Waals surface area contributed by atoms with Crippen molar-refractivity contribution in [3.63, 3.8) is 0 Å². The van der Waals surface area contributed by atoms with E-state index in [1.165, 1.54) is 0 Å². The van der Waals surface area contributed by atoms with E-state index >= 15 is 0 Å². The topological polar surface area (TPSA) is 67.3 Å². The summed E-state index contributed by atoms with van der Waals surface area (Å²) in [5.74, 6) is -0.950. The third-order valence-corrected chi connectivity index (χ3v) is 2.05. The van der Waals surface area contributed by atoms with Crippen LogP contribution in [0.4, 0.5) is 0 Å². The largest absolute Gasteiger partial charge is 0.481 e. The lowest BCUT2D eigenvalue weighted by atomic mass is 10.1. The molecule has 0 aromatic carbocycles. The zero-order valence-corrected chi connectivity index (χ0v) is 8.56. The molecule has 4 nitrogen and oxygen atoms in total. The molecule has 0 saturated heterocycles. The molecule has 0 radical (unpaired) electrons. The number of aldehydes is 1. The van der Waals surface area contributed by atoms with Crippen LogP contribution in [0.5, 0.6) is 0 Å². The van der Waals surface area contributed by atoms with Gasteiger partial charge in [0.1, 0.15) is 5.69 Å². The molecule has 1 heterocycles. The van der Waals surface area contributed by atoms with Gasteiger partial charge in [-0.1, -0.05) is 19.4 Å². The first-order valence-electron chi connectivity index (χ1n) is 4.82. The summed E-state index contributed by atoms with van der Waals surface area (Å²) in [6.45, 7) is 2.03. The molecule has 80 valence electrons. The lowest BCUT2D eigenvalue weighted by Crippen LogP contribution is -2.06. The Hall–Kier alpha value is -1.71. The van der Waals surface area contributed by atoms with E-state index in [-0.39, 0.29) is 12.1 Å². The van der Waals surface area contributed by atoms with E-state index in [1.807, 2.05) is 6.92 Å². The van der Waals surface area contributed by atoms with Gasteiger partial charge in [0.2, 0.25) is 0 Å². The minimum absolute atomic E-state index is 0.154. The van der Waals surface area contributed by atoms with E-state index in [9.17, 15) is 9.59 Å². The van der Waals surface area contributed by atoms with Gasteiger partial charge in [-0.05, 0) is 17.5 Å². The number of nitrogens with zero attached hydrogens (tertiary/aromatic N) is 1. The molecule has 15 heavy (non-hydrogen) atoms. The molecule has 1 rings (SSSR count). The van der Waals surface area contributed by atoms with Crippen LogP contribution in [0.3, 0.4) is 0 Å². The smallest absolute Gasteiger partial charge is 0.307 e. The Morgan fingerprint density at radius 2 is 2.33 bits per heavy atom. The molecule has 0 fully saturated rings. The van der Waals surface area contributed by atoms with Crippen LogP contribution in [-0.4, -0.2) is 22.3 Å². The average Bonchev–Trinajstić information content (AvgIpc) is 2.18. The zero-order valence-electron chi connectivity index (χ0n) is 8.56. The van der Waals surface area contributed by atoms with Crippen LogP contribution in [0.15, 0.2) is 12.3 Å². The second-order valence-electron chi connectivity index (χ2n) is 3.33. The Morgan fingerprint density at radius 1 is 1.60 bits per heavy atom. The minimum atomic E-state index is -0.950. The number of aryl methyl sites for hydroxylation is 1. The fraction of sp³-hybridized carbons (Fsp3) is 0.364. The standard InChI is InChI=1S/C11H13NO3/c1-2-3-8-4-9(5-11(14)15)10(7-13)12-6-8/h4,6-7H,2-3,5H2,1H3,(H,14,15). The summed E-state index contributed by atoms with van der Waals surface area (Å²) in [4.78, 5) is 25.1. The Kier molecular flexibility index (Phi) is 3.97. The highest BCUT2D eigenvalue weighted by Crippen LogP contribution is 2.10. The number of aliphatic carboxylic acids is 1. The molecule has 0 atom stereocenters. The number of pyridine rings is 1. The van der Waals surface area contributed by atoms with E-state index < -0.39 is 5.97 Å². The van der Waals surface area contributed by atoms with Gasteiger partial charge in [-0.3, -0.25) is 14.6 Å². The van der Waals surface area contributed by atoms with Crippen LogP contribution < -0.4 is 0 Å². The van der Waals surface area contributed by atoms with Gasteiger partial charge in [0.25, 0.3) is 0 Å². The summed E-state index contributed by atoms with van der Waals surface area (Å²) >= 11 is 0. The molecule has 0 bridgehead atoms. The van der Waals surface area contributed by atoms with E-state index in [2.05, 4.69) is 4.98 Å². The van der Waals surface area contributed by atoms with Gasteiger partial charge >= 0.3 is 5.97 Å². The predicted octanol–water partition coefficient (Wildman–Crippen LogP) is 1.47. The van der Waals surface area contributed by atoms with Gasteiger partial charge in [0.05, 0.1) is 6.42 Å². The zero-order chi connectivity index (χ0) is 11.3. The van der Waals surface area contributed by atoms with Crippen molar-refractivity contribution < 1.29 is 14.7 Å². The number of carboxylic acids is 1. The number of carboxylic acid groups (broad SMARTS) is 1. The third kappa shape index (κ3) is 3.16. The fourth-order valence-corrected chi connectivity index (χ4v) is 1.41. The van der Waals surface area contributed by atoms with E-state index in [0.717, 1.165) is 18.4 Å². The molecular weight excluding hydrogens is 194 g/mol. The molecule has 0 aliphatic rings. The molecule has 0 saturated carbocycles. The number of hydrogen-bond donors (Lipinski definition) is 1. The average molecular weight is 207 g/mol. The molecule has 0 spiro atoms. The Morgan fingerprint density at radius 3 is 2.87 bits per heavy atom. The number of hydrogen-bond acceptors (Lipinski definition) is 3. The van der Waals surface area contributed by atoms with Crippen LogP contribution >= 0.6 is 0 Å². The molecule has 1 aromatic rings. The van der Waals surface area contributed by atoms with Gasteiger partial charge < -0.3 is 5.11 Å². The highest BCUT2D eigenvalue weighted by Gasteiger charge is 2.08. The van der Waals surface area contributed by atoms with E-state index in [4.69, 9.17) is 5.11 Å². The number of aromatic nitrogens is 1. The second-order valence-corrected chi connectivity index (χ2v) is 3.33. The molecule has 0 unspecified atom stereocenters. The summed E-state index contributed by atoms with van der Waals surface area (Å²) in [5, 5.41) is 8.66. The van der Waals surface area contributed by atoms with E-state index in [0.29, 0.717) is 11.8 Å². The van der Waals surface area contributed by atoms with Crippen molar-refractivity contribution in [1.29, 1.82) is 0 Å². The summed E-state index contributed by atoms with van der Waals surface area (Å²) < 4.78 is 0. The second kappa shape index (κ2) is 5.24. The Bertz CT molecular complexity index is 374. The predicted molar refractivity (Wildman–Crippen MR) is 55.0 cm³/mol. The van der Waals surface area contributed by atoms with Crippen LogP contribution in [0.1, 0.15) is 35.0 Å². The summed E-state index contributed by atoms with van der Waals surface area (Å²) in [6, 6.07) is 1.74. The number of carbonyl (C=O) groups is 2. The third-order valence-electron chi connectivity index (χ3n) is 2.05.